The molecule has 2 fully saturated rings. The normalized spacial score (nSPS) is 32.4. The summed E-state index contributed by atoms with van der Waals surface area (Å²) in [5.74, 6) is -0.699. The van der Waals surface area contributed by atoms with Crippen molar-refractivity contribution in [1.29, 1.82) is 0 Å². The minimum absolute atomic E-state index is 0.00157. The van der Waals surface area contributed by atoms with Crippen molar-refractivity contribution in [3.8, 4) is 0 Å². The topological polar surface area (TPSA) is 91.8 Å². The molecule has 0 bridgehead atoms. The summed E-state index contributed by atoms with van der Waals surface area (Å²) in [5, 5.41) is 10.1. The Morgan fingerprint density at radius 1 is 1.00 bits per heavy atom. The van der Waals surface area contributed by atoms with Gasteiger partial charge in [-0.05, 0) is 25.7 Å². The Balaban J connectivity index is 2.14. The second-order valence-electron chi connectivity index (χ2n) is 6.28. The van der Waals surface area contributed by atoms with Crippen molar-refractivity contribution in [1.82, 2.24) is 4.31 Å². The van der Waals surface area contributed by atoms with Crippen molar-refractivity contribution in [3.05, 3.63) is 0 Å². The molecule has 0 aromatic heterocycles. The highest BCUT2D eigenvalue weighted by Crippen LogP contribution is 2.36. The van der Waals surface area contributed by atoms with Crippen LogP contribution in [0.25, 0.3) is 0 Å². The Labute approximate surface area is 127 Å². The lowest BCUT2D eigenvalue weighted by Crippen LogP contribution is -2.50. The Morgan fingerprint density at radius 3 is 2.29 bits per heavy atom. The highest BCUT2D eigenvalue weighted by Gasteiger charge is 2.41. The van der Waals surface area contributed by atoms with Gasteiger partial charge in [-0.1, -0.05) is 12.8 Å². The largest absolute Gasteiger partial charge is 0.393 e. The van der Waals surface area contributed by atoms with Crippen molar-refractivity contribution >= 4 is 19.9 Å². The fourth-order valence-electron chi connectivity index (χ4n) is 3.50. The van der Waals surface area contributed by atoms with Crippen molar-refractivity contribution in [3.63, 3.8) is 0 Å². The third kappa shape index (κ3) is 4.40. The first-order valence-electron chi connectivity index (χ1n) is 7.56. The summed E-state index contributed by atoms with van der Waals surface area (Å²) in [4.78, 5) is 0. The molecule has 1 aliphatic heterocycles. The van der Waals surface area contributed by atoms with Crippen LogP contribution in [0.3, 0.4) is 0 Å². The van der Waals surface area contributed by atoms with Gasteiger partial charge in [-0.25, -0.2) is 16.8 Å². The van der Waals surface area contributed by atoms with Crippen LogP contribution in [0.4, 0.5) is 0 Å². The molecule has 0 aromatic rings. The van der Waals surface area contributed by atoms with E-state index in [-0.39, 0.29) is 23.5 Å². The highest BCUT2D eigenvalue weighted by molar-refractivity contribution is 7.93. The van der Waals surface area contributed by atoms with Gasteiger partial charge in [0.25, 0.3) is 0 Å². The zero-order valence-corrected chi connectivity index (χ0v) is 14.1. The molecule has 1 saturated heterocycles. The highest BCUT2D eigenvalue weighted by atomic mass is 32.2. The SMILES string of the molecule is CS(=O)(=O)CCS(=O)(=O)N1CCCCC1C1CCCC1O. The lowest BCUT2D eigenvalue weighted by atomic mass is 9.89. The fraction of sp³-hybridized carbons (Fsp3) is 1.00. The molecule has 1 N–H and O–H groups in total. The summed E-state index contributed by atoms with van der Waals surface area (Å²) in [6.07, 6.45) is 5.67. The average molecular weight is 339 g/mol. The third-order valence-electron chi connectivity index (χ3n) is 4.59. The molecule has 0 spiro atoms. The standard InChI is InChI=1S/C13H25NO5S2/c1-20(16,17)9-10-21(18,19)14-8-3-2-6-12(14)11-5-4-7-13(11)15/h11-13,15H,2-10H2,1H3. The molecule has 2 rings (SSSR count). The molecule has 0 aromatic carbocycles. The van der Waals surface area contributed by atoms with Gasteiger partial charge in [0.2, 0.25) is 10.0 Å². The van der Waals surface area contributed by atoms with Gasteiger partial charge in [-0.3, -0.25) is 0 Å². The third-order valence-corrected chi connectivity index (χ3v) is 7.69. The number of sulfonamides is 1. The molecule has 3 unspecified atom stereocenters. The van der Waals surface area contributed by atoms with Gasteiger partial charge >= 0.3 is 0 Å². The van der Waals surface area contributed by atoms with E-state index in [0.29, 0.717) is 6.54 Å². The van der Waals surface area contributed by atoms with Gasteiger partial charge in [0, 0.05) is 24.8 Å². The van der Waals surface area contributed by atoms with Crippen LogP contribution in [-0.2, 0) is 19.9 Å². The van der Waals surface area contributed by atoms with Gasteiger partial charge < -0.3 is 5.11 Å². The van der Waals surface area contributed by atoms with Crippen molar-refractivity contribution in [2.24, 2.45) is 5.92 Å². The van der Waals surface area contributed by atoms with Gasteiger partial charge in [0.15, 0.2) is 0 Å². The summed E-state index contributed by atoms with van der Waals surface area (Å²) < 4.78 is 48.9. The van der Waals surface area contributed by atoms with Crippen LogP contribution in [0.2, 0.25) is 0 Å². The Morgan fingerprint density at radius 2 is 1.71 bits per heavy atom. The Kier molecular flexibility index (Phi) is 5.33. The number of hydrogen-bond donors (Lipinski definition) is 1. The van der Waals surface area contributed by atoms with E-state index in [1.165, 1.54) is 4.31 Å². The minimum Gasteiger partial charge on any atom is -0.393 e. The smallest absolute Gasteiger partial charge is 0.215 e. The van der Waals surface area contributed by atoms with Crippen LogP contribution in [0, 0.1) is 5.92 Å². The lowest BCUT2D eigenvalue weighted by Gasteiger charge is -2.39. The van der Waals surface area contributed by atoms with E-state index < -0.39 is 26.0 Å². The molecule has 124 valence electrons. The Hall–Kier alpha value is -0.180. The maximum absolute atomic E-state index is 12.5. The Bertz CT molecular complexity index is 557. The monoisotopic (exact) mass is 339 g/mol. The van der Waals surface area contributed by atoms with E-state index in [2.05, 4.69) is 0 Å². The van der Waals surface area contributed by atoms with Crippen molar-refractivity contribution in [2.75, 3.05) is 24.3 Å². The molecule has 3 atom stereocenters. The first-order chi connectivity index (χ1) is 9.71. The molecule has 8 heteroatoms. The number of sulfone groups is 1. The predicted molar refractivity (Wildman–Crippen MR) is 81.2 cm³/mol. The summed E-state index contributed by atoms with van der Waals surface area (Å²) in [7, 11) is -6.88. The number of aliphatic hydroxyl groups is 1. The molecule has 1 heterocycles. The van der Waals surface area contributed by atoms with Crippen molar-refractivity contribution in [2.45, 2.75) is 50.7 Å². The molecule has 0 radical (unpaired) electrons. The van der Waals surface area contributed by atoms with Crippen LogP contribution in [-0.4, -0.2) is 62.7 Å². The van der Waals surface area contributed by atoms with Gasteiger partial charge in [-0.2, -0.15) is 4.31 Å². The first-order valence-corrected chi connectivity index (χ1v) is 11.2. The van der Waals surface area contributed by atoms with Gasteiger partial charge in [0.05, 0.1) is 17.6 Å². The summed E-state index contributed by atoms with van der Waals surface area (Å²) in [6, 6.07) is -0.166. The van der Waals surface area contributed by atoms with Gasteiger partial charge in [0.1, 0.15) is 9.84 Å². The molecule has 1 saturated carbocycles. The second-order valence-corrected chi connectivity index (χ2v) is 10.6. The van der Waals surface area contributed by atoms with E-state index in [1.54, 1.807) is 0 Å². The number of rotatable bonds is 5. The van der Waals surface area contributed by atoms with E-state index in [4.69, 9.17) is 0 Å². The molecule has 0 amide bonds. The number of piperidine rings is 1. The maximum atomic E-state index is 12.5. The first kappa shape index (κ1) is 17.2. The van der Waals surface area contributed by atoms with Crippen molar-refractivity contribution < 1.29 is 21.9 Å². The zero-order chi connectivity index (χ0) is 15.7. The number of hydrogen-bond acceptors (Lipinski definition) is 5. The number of nitrogens with zero attached hydrogens (tertiary/aromatic N) is 1. The molecular weight excluding hydrogens is 314 g/mol. The van der Waals surface area contributed by atoms with E-state index in [0.717, 1.165) is 44.8 Å². The molecule has 21 heavy (non-hydrogen) atoms. The molecule has 1 aliphatic carbocycles. The lowest BCUT2D eigenvalue weighted by molar-refractivity contribution is 0.0724. The van der Waals surface area contributed by atoms with E-state index >= 15 is 0 Å². The van der Waals surface area contributed by atoms with E-state index in [1.807, 2.05) is 0 Å². The molecular formula is C13H25NO5S2. The molecule has 6 nitrogen and oxygen atoms in total. The van der Waals surface area contributed by atoms with Crippen LogP contribution in [0.5, 0.6) is 0 Å². The van der Waals surface area contributed by atoms with E-state index in [9.17, 15) is 21.9 Å². The predicted octanol–water partition coefficient (Wildman–Crippen LogP) is 0.376. The quantitative estimate of drug-likeness (QED) is 0.782. The zero-order valence-electron chi connectivity index (χ0n) is 12.4. The van der Waals surface area contributed by atoms with Crippen LogP contribution in [0.15, 0.2) is 0 Å². The summed E-state index contributed by atoms with van der Waals surface area (Å²) >= 11 is 0. The minimum atomic E-state index is -3.58. The maximum Gasteiger partial charge on any atom is 0.215 e. The molecule has 2 aliphatic rings. The summed E-state index contributed by atoms with van der Waals surface area (Å²) in [5.41, 5.74) is 0. The fourth-order valence-corrected chi connectivity index (χ4v) is 6.87. The summed E-state index contributed by atoms with van der Waals surface area (Å²) in [6.45, 7) is 0.444. The average Bonchev–Trinajstić information content (AvgIpc) is 2.82. The van der Waals surface area contributed by atoms with Crippen LogP contribution >= 0.6 is 0 Å². The second kappa shape index (κ2) is 6.52. The van der Waals surface area contributed by atoms with Crippen LogP contribution < -0.4 is 0 Å². The van der Waals surface area contributed by atoms with Crippen LogP contribution in [0.1, 0.15) is 38.5 Å². The number of aliphatic hydroxyl groups excluding tert-OH is 1. The van der Waals surface area contributed by atoms with Gasteiger partial charge in [-0.15, -0.1) is 0 Å².